The number of methoxy groups -OCH3 is 1. The van der Waals surface area contributed by atoms with Gasteiger partial charge in [-0.25, -0.2) is 19.2 Å². The van der Waals surface area contributed by atoms with Crippen molar-refractivity contribution in [3.05, 3.63) is 35.4 Å². The van der Waals surface area contributed by atoms with Gasteiger partial charge in [-0.1, -0.05) is 0 Å². The van der Waals surface area contributed by atoms with Crippen molar-refractivity contribution in [2.24, 2.45) is 0 Å². The number of carbonyl (C=O) groups excluding carboxylic acids is 1. The summed E-state index contributed by atoms with van der Waals surface area (Å²) < 4.78 is 17.6. The molecule has 0 radical (unpaired) electrons. The second-order valence-electron chi connectivity index (χ2n) is 2.88. The standard InChI is InChI=1S/C10H7FN2O2S/c1-15-10(14)8-7(4-6(11)5-13-8)9-12-2-3-16-9/h2-5H,1H3. The third-order valence-corrected chi connectivity index (χ3v) is 2.70. The van der Waals surface area contributed by atoms with E-state index in [1.165, 1.54) is 24.5 Å². The van der Waals surface area contributed by atoms with Crippen LogP contribution in [0.3, 0.4) is 0 Å². The molecule has 0 aromatic carbocycles. The second kappa shape index (κ2) is 4.36. The molecule has 0 N–H and O–H groups in total. The van der Waals surface area contributed by atoms with Crippen molar-refractivity contribution in [1.82, 2.24) is 9.97 Å². The van der Waals surface area contributed by atoms with Gasteiger partial charge in [-0.15, -0.1) is 11.3 Å². The Labute approximate surface area is 94.7 Å². The molecule has 0 saturated carbocycles. The van der Waals surface area contributed by atoms with Gasteiger partial charge >= 0.3 is 5.97 Å². The fraction of sp³-hybridized carbons (Fsp3) is 0.100. The zero-order valence-corrected chi connectivity index (χ0v) is 9.12. The summed E-state index contributed by atoms with van der Waals surface area (Å²) in [5, 5.41) is 2.27. The van der Waals surface area contributed by atoms with Crippen molar-refractivity contribution in [3.63, 3.8) is 0 Å². The number of rotatable bonds is 2. The molecule has 0 unspecified atom stereocenters. The van der Waals surface area contributed by atoms with Crippen molar-refractivity contribution >= 4 is 17.3 Å². The topological polar surface area (TPSA) is 52.1 Å². The number of esters is 1. The molecule has 0 bridgehead atoms. The lowest BCUT2D eigenvalue weighted by Gasteiger charge is -2.03. The Morgan fingerprint density at radius 2 is 2.31 bits per heavy atom. The molecule has 2 rings (SSSR count). The quantitative estimate of drug-likeness (QED) is 0.752. The molecule has 2 aromatic heterocycles. The van der Waals surface area contributed by atoms with E-state index in [9.17, 15) is 9.18 Å². The lowest BCUT2D eigenvalue weighted by molar-refractivity contribution is 0.0595. The van der Waals surface area contributed by atoms with E-state index < -0.39 is 11.8 Å². The van der Waals surface area contributed by atoms with E-state index in [0.717, 1.165) is 6.20 Å². The van der Waals surface area contributed by atoms with Crippen molar-refractivity contribution < 1.29 is 13.9 Å². The van der Waals surface area contributed by atoms with Crippen molar-refractivity contribution in [2.45, 2.75) is 0 Å². The third-order valence-electron chi connectivity index (χ3n) is 1.90. The van der Waals surface area contributed by atoms with Crippen LogP contribution in [0.1, 0.15) is 10.5 Å². The molecule has 6 heteroatoms. The van der Waals surface area contributed by atoms with E-state index in [0.29, 0.717) is 10.6 Å². The van der Waals surface area contributed by atoms with Crippen molar-refractivity contribution in [1.29, 1.82) is 0 Å². The van der Waals surface area contributed by atoms with Crippen LogP contribution in [-0.2, 0) is 4.74 Å². The average Bonchev–Trinajstić information content (AvgIpc) is 2.81. The molecular formula is C10H7FN2O2S. The van der Waals surface area contributed by atoms with Crippen LogP contribution in [-0.4, -0.2) is 23.0 Å². The lowest BCUT2D eigenvalue weighted by atomic mass is 10.2. The minimum absolute atomic E-state index is 0.0684. The maximum absolute atomic E-state index is 13.1. The normalized spacial score (nSPS) is 10.1. The van der Waals surface area contributed by atoms with E-state index in [-0.39, 0.29) is 5.69 Å². The van der Waals surface area contributed by atoms with Crippen LogP contribution < -0.4 is 0 Å². The zero-order valence-electron chi connectivity index (χ0n) is 8.31. The first-order valence-corrected chi connectivity index (χ1v) is 5.24. The zero-order chi connectivity index (χ0) is 11.5. The minimum Gasteiger partial charge on any atom is -0.464 e. The van der Waals surface area contributed by atoms with E-state index in [1.54, 1.807) is 11.6 Å². The van der Waals surface area contributed by atoms with E-state index in [4.69, 9.17) is 0 Å². The summed E-state index contributed by atoms with van der Waals surface area (Å²) in [5.74, 6) is -1.12. The third kappa shape index (κ3) is 1.92. The van der Waals surface area contributed by atoms with Crippen molar-refractivity contribution in [2.75, 3.05) is 7.11 Å². The number of thiazole rings is 1. The Morgan fingerprint density at radius 3 is 2.94 bits per heavy atom. The van der Waals surface area contributed by atoms with E-state index in [1.807, 2.05) is 0 Å². The van der Waals surface area contributed by atoms with Gasteiger partial charge in [0.2, 0.25) is 0 Å². The summed E-state index contributed by atoms with van der Waals surface area (Å²) in [5.41, 5.74) is 0.417. The van der Waals surface area contributed by atoms with Crippen LogP contribution in [0.4, 0.5) is 4.39 Å². The fourth-order valence-electron chi connectivity index (χ4n) is 1.22. The summed E-state index contributed by atoms with van der Waals surface area (Å²) in [7, 11) is 1.25. The summed E-state index contributed by atoms with van der Waals surface area (Å²) >= 11 is 1.30. The van der Waals surface area contributed by atoms with Gasteiger partial charge < -0.3 is 4.74 Å². The van der Waals surface area contributed by atoms with Gasteiger partial charge in [0, 0.05) is 17.1 Å². The summed E-state index contributed by atoms with van der Waals surface area (Å²) in [6.07, 6.45) is 2.55. The molecule has 0 aliphatic rings. The summed E-state index contributed by atoms with van der Waals surface area (Å²) in [6, 6.07) is 1.22. The number of pyridine rings is 1. The van der Waals surface area contributed by atoms with Gasteiger partial charge in [0.05, 0.1) is 13.3 Å². The molecule has 0 spiro atoms. The molecule has 0 aliphatic carbocycles. The van der Waals surface area contributed by atoms with Gasteiger partial charge in [-0.05, 0) is 6.07 Å². The van der Waals surface area contributed by atoms with Gasteiger partial charge in [-0.3, -0.25) is 0 Å². The van der Waals surface area contributed by atoms with Crippen LogP contribution in [0, 0.1) is 5.82 Å². The highest BCUT2D eigenvalue weighted by Crippen LogP contribution is 2.25. The summed E-state index contributed by atoms with van der Waals surface area (Å²) in [4.78, 5) is 19.1. The molecule has 0 saturated heterocycles. The first-order chi connectivity index (χ1) is 7.72. The number of hydrogen-bond acceptors (Lipinski definition) is 5. The largest absolute Gasteiger partial charge is 0.464 e. The number of nitrogens with zero attached hydrogens (tertiary/aromatic N) is 2. The highest BCUT2D eigenvalue weighted by Gasteiger charge is 2.17. The van der Waals surface area contributed by atoms with Gasteiger partial charge in [-0.2, -0.15) is 0 Å². The Kier molecular flexibility index (Phi) is 2.91. The number of aromatic nitrogens is 2. The Balaban J connectivity index is 2.57. The van der Waals surface area contributed by atoms with Gasteiger partial charge in [0.25, 0.3) is 0 Å². The smallest absolute Gasteiger partial charge is 0.357 e. The molecule has 2 heterocycles. The monoisotopic (exact) mass is 238 g/mol. The van der Waals surface area contributed by atoms with Crippen LogP contribution in [0.25, 0.3) is 10.6 Å². The van der Waals surface area contributed by atoms with E-state index >= 15 is 0 Å². The molecule has 0 aliphatic heterocycles. The van der Waals surface area contributed by atoms with Crippen LogP contribution >= 0.6 is 11.3 Å². The number of halogens is 1. The number of carbonyl (C=O) groups is 1. The molecule has 4 nitrogen and oxygen atoms in total. The Morgan fingerprint density at radius 1 is 1.50 bits per heavy atom. The van der Waals surface area contributed by atoms with Gasteiger partial charge in [0.15, 0.2) is 5.69 Å². The average molecular weight is 238 g/mol. The molecule has 2 aromatic rings. The SMILES string of the molecule is COC(=O)c1ncc(F)cc1-c1nccs1. The molecule has 16 heavy (non-hydrogen) atoms. The number of hydrogen-bond donors (Lipinski definition) is 0. The molecule has 0 amide bonds. The van der Waals surface area contributed by atoms with E-state index in [2.05, 4.69) is 14.7 Å². The first-order valence-electron chi connectivity index (χ1n) is 4.36. The highest BCUT2D eigenvalue weighted by atomic mass is 32.1. The van der Waals surface area contributed by atoms with Crippen LogP contribution in [0.5, 0.6) is 0 Å². The fourth-order valence-corrected chi connectivity index (χ4v) is 1.87. The second-order valence-corrected chi connectivity index (χ2v) is 3.77. The predicted octanol–water partition coefficient (Wildman–Crippen LogP) is 2.13. The van der Waals surface area contributed by atoms with Crippen LogP contribution in [0.2, 0.25) is 0 Å². The highest BCUT2D eigenvalue weighted by molar-refractivity contribution is 7.13. The van der Waals surface area contributed by atoms with Crippen molar-refractivity contribution in [3.8, 4) is 10.6 Å². The summed E-state index contributed by atoms with van der Waals surface area (Å²) in [6.45, 7) is 0. The number of ether oxygens (including phenoxy) is 1. The maximum atomic E-state index is 13.1. The lowest BCUT2D eigenvalue weighted by Crippen LogP contribution is -2.06. The predicted molar refractivity (Wildman–Crippen MR) is 56.6 cm³/mol. The molecule has 0 fully saturated rings. The van der Waals surface area contributed by atoms with Crippen LogP contribution in [0.15, 0.2) is 23.8 Å². The minimum atomic E-state index is -0.606. The molecule has 0 atom stereocenters. The maximum Gasteiger partial charge on any atom is 0.357 e. The van der Waals surface area contributed by atoms with Gasteiger partial charge in [0.1, 0.15) is 10.8 Å². The first kappa shape index (κ1) is 10.7. The molecule has 82 valence electrons. The Bertz CT molecular complexity index is 514. The molecular weight excluding hydrogens is 231 g/mol. The Hall–Kier alpha value is -1.82.